The molecule has 0 amide bonds. The molecule has 0 atom stereocenters. The first-order valence-electron chi connectivity index (χ1n) is 11.5. The van der Waals surface area contributed by atoms with Gasteiger partial charge in [0.1, 0.15) is 36.9 Å². The van der Waals surface area contributed by atoms with Gasteiger partial charge in [0.25, 0.3) is 0 Å². The summed E-state index contributed by atoms with van der Waals surface area (Å²) < 4.78 is 37.2. The Kier molecular flexibility index (Phi) is 7.01. The smallest absolute Gasteiger partial charge is 0.371 e. The average molecular weight is 501 g/mol. The number of rotatable bonds is 7. The fourth-order valence-electron chi connectivity index (χ4n) is 3.90. The molecule has 2 aliphatic rings. The van der Waals surface area contributed by atoms with Crippen molar-refractivity contribution in [1.29, 1.82) is 0 Å². The summed E-state index contributed by atoms with van der Waals surface area (Å²) in [6.07, 6.45) is 0.183. The lowest BCUT2D eigenvalue weighted by molar-refractivity contribution is -0.151. The van der Waals surface area contributed by atoms with E-state index < -0.39 is 5.97 Å². The van der Waals surface area contributed by atoms with Crippen molar-refractivity contribution in [2.24, 2.45) is 0 Å². The average Bonchev–Trinajstić information content (AvgIpc) is 3.32. The number of ketones is 1. The molecule has 1 fully saturated rings. The molecular formula is C25H26NO8S+. The van der Waals surface area contributed by atoms with Gasteiger partial charge in [-0.2, -0.15) is 4.58 Å². The second-order valence-electron chi connectivity index (χ2n) is 8.19. The van der Waals surface area contributed by atoms with E-state index >= 15 is 0 Å². The third-order valence-corrected chi connectivity index (χ3v) is 6.70. The molecule has 2 aliphatic heterocycles. The third kappa shape index (κ3) is 5.33. The molecule has 35 heavy (non-hydrogen) atoms. The maximum Gasteiger partial charge on any atom is 0.371 e. The zero-order chi connectivity index (χ0) is 24.2. The molecule has 0 bridgehead atoms. The second-order valence-corrected chi connectivity index (χ2v) is 9.07. The van der Waals surface area contributed by atoms with Crippen LogP contribution in [0.1, 0.15) is 19.8 Å². The van der Waals surface area contributed by atoms with Crippen molar-refractivity contribution in [3.05, 3.63) is 35.2 Å². The molecule has 9 nitrogen and oxygen atoms in total. The summed E-state index contributed by atoms with van der Waals surface area (Å²) in [5.74, 6) is 1.44. The highest BCUT2D eigenvalue weighted by Gasteiger charge is 2.21. The lowest BCUT2D eigenvalue weighted by Crippen LogP contribution is -2.39. The lowest BCUT2D eigenvalue weighted by Gasteiger charge is -2.18. The van der Waals surface area contributed by atoms with E-state index in [1.165, 1.54) is 18.3 Å². The van der Waals surface area contributed by atoms with Gasteiger partial charge in [0.15, 0.2) is 35.9 Å². The van der Waals surface area contributed by atoms with E-state index in [0.717, 1.165) is 21.6 Å². The first-order valence-corrected chi connectivity index (χ1v) is 12.4. The molecular weight excluding hydrogens is 474 g/mol. The zero-order valence-corrected chi connectivity index (χ0v) is 20.2. The van der Waals surface area contributed by atoms with Crippen molar-refractivity contribution in [2.75, 3.05) is 46.3 Å². The molecule has 0 saturated carbocycles. The number of thiophene rings is 1. The highest BCUT2D eigenvalue weighted by Crippen LogP contribution is 2.41. The highest BCUT2D eigenvalue weighted by molar-refractivity contribution is 7.18. The molecule has 184 valence electrons. The topological polar surface area (TPSA) is 96.4 Å². The van der Waals surface area contributed by atoms with Gasteiger partial charge in [-0.05, 0) is 24.6 Å². The van der Waals surface area contributed by atoms with Crippen molar-refractivity contribution in [2.45, 2.75) is 19.8 Å². The van der Waals surface area contributed by atoms with E-state index in [1.54, 1.807) is 0 Å². The SMILES string of the molecule is CC(=O)CCC(=O)OCOc1cc(=[N+]2CCOCC2)oc2c(-c3ccc4c(c3)OCCO4)csc12. The van der Waals surface area contributed by atoms with Crippen LogP contribution in [-0.4, -0.2) is 58.1 Å². The number of nitrogens with zero attached hydrogens (tertiary/aromatic N) is 1. The van der Waals surface area contributed by atoms with Gasteiger partial charge < -0.3 is 32.9 Å². The number of hydrogen-bond donors (Lipinski definition) is 0. The molecule has 0 unspecified atom stereocenters. The van der Waals surface area contributed by atoms with Gasteiger partial charge >= 0.3 is 11.5 Å². The number of benzene rings is 1. The molecule has 0 aliphatic carbocycles. The number of esters is 1. The molecule has 4 heterocycles. The number of morpholine rings is 1. The van der Waals surface area contributed by atoms with E-state index in [0.29, 0.717) is 62.2 Å². The zero-order valence-electron chi connectivity index (χ0n) is 19.4. The number of hydrogen-bond acceptors (Lipinski definition) is 9. The van der Waals surface area contributed by atoms with Gasteiger partial charge in [-0.3, -0.25) is 4.79 Å². The molecule has 1 saturated heterocycles. The maximum atomic E-state index is 11.9. The quantitative estimate of drug-likeness (QED) is 0.278. The van der Waals surface area contributed by atoms with Crippen LogP contribution in [0.4, 0.5) is 0 Å². The van der Waals surface area contributed by atoms with Crippen molar-refractivity contribution >= 4 is 33.4 Å². The van der Waals surface area contributed by atoms with Gasteiger partial charge in [-0.15, -0.1) is 11.3 Å². The van der Waals surface area contributed by atoms with Gasteiger partial charge in [0, 0.05) is 17.4 Å². The molecule has 3 aromatic rings. The van der Waals surface area contributed by atoms with Crippen LogP contribution in [-0.2, 0) is 19.1 Å². The molecule has 5 rings (SSSR count). The Balaban J connectivity index is 1.49. The van der Waals surface area contributed by atoms with E-state index in [-0.39, 0.29) is 25.4 Å². The summed E-state index contributed by atoms with van der Waals surface area (Å²) in [5, 5.41) is 2.01. The van der Waals surface area contributed by atoms with Gasteiger partial charge in [-0.25, -0.2) is 0 Å². The summed E-state index contributed by atoms with van der Waals surface area (Å²) in [7, 11) is 0. The fraction of sp³-hybridized carbons (Fsp3) is 0.400. The van der Waals surface area contributed by atoms with Crippen LogP contribution < -0.4 is 24.3 Å². The van der Waals surface area contributed by atoms with Crippen LogP contribution >= 0.6 is 11.3 Å². The first-order chi connectivity index (χ1) is 17.1. The molecule has 1 aromatic carbocycles. The number of Topliss-reactive ketones (excluding diaryl/α,β-unsaturated/α-hetero) is 1. The Bertz CT molecular complexity index is 1320. The number of fused-ring (bicyclic) bond motifs is 2. The van der Waals surface area contributed by atoms with E-state index in [2.05, 4.69) is 4.58 Å². The van der Waals surface area contributed by atoms with Crippen LogP contribution in [0.15, 0.2) is 34.1 Å². The summed E-state index contributed by atoms with van der Waals surface area (Å²) in [6, 6.07) is 7.64. The second kappa shape index (κ2) is 10.5. The Hall–Kier alpha value is -3.37. The van der Waals surface area contributed by atoms with Gasteiger partial charge in [0.05, 0.1) is 12.5 Å². The fourth-order valence-corrected chi connectivity index (χ4v) is 4.87. The van der Waals surface area contributed by atoms with Gasteiger partial charge in [0.2, 0.25) is 6.79 Å². The van der Waals surface area contributed by atoms with Crippen LogP contribution in [0.5, 0.6) is 17.2 Å². The monoisotopic (exact) mass is 500 g/mol. The summed E-state index contributed by atoms with van der Waals surface area (Å²) in [6.45, 7) is 4.83. The summed E-state index contributed by atoms with van der Waals surface area (Å²) in [5.41, 5.74) is 3.16. The van der Waals surface area contributed by atoms with Crippen molar-refractivity contribution in [1.82, 2.24) is 4.58 Å². The predicted octanol–water partition coefficient (Wildman–Crippen LogP) is 2.98. The van der Waals surface area contributed by atoms with E-state index in [1.807, 2.05) is 29.6 Å². The van der Waals surface area contributed by atoms with Crippen LogP contribution in [0.2, 0.25) is 0 Å². The third-order valence-electron chi connectivity index (χ3n) is 5.72. The minimum Gasteiger partial charge on any atom is -0.486 e. The molecule has 0 N–H and O–H groups in total. The number of carbonyl (C=O) groups excluding carboxylic acids is 2. The van der Waals surface area contributed by atoms with Crippen LogP contribution in [0.3, 0.4) is 0 Å². The largest absolute Gasteiger partial charge is 0.486 e. The lowest BCUT2D eigenvalue weighted by atomic mass is 10.1. The molecule has 0 radical (unpaired) electrons. The molecule has 2 aromatic heterocycles. The summed E-state index contributed by atoms with van der Waals surface area (Å²) in [4.78, 5) is 23.0. The number of ether oxygens (including phenoxy) is 5. The van der Waals surface area contributed by atoms with Crippen LogP contribution in [0.25, 0.3) is 21.4 Å². The van der Waals surface area contributed by atoms with Gasteiger partial charge in [-0.1, -0.05) is 6.07 Å². The van der Waals surface area contributed by atoms with E-state index in [4.69, 9.17) is 28.1 Å². The minimum absolute atomic E-state index is 0.0323. The van der Waals surface area contributed by atoms with E-state index in [9.17, 15) is 9.59 Å². The van der Waals surface area contributed by atoms with Crippen molar-refractivity contribution in [3.63, 3.8) is 0 Å². The Morgan fingerprint density at radius 2 is 1.83 bits per heavy atom. The summed E-state index contributed by atoms with van der Waals surface area (Å²) >= 11 is 1.48. The highest BCUT2D eigenvalue weighted by atomic mass is 32.1. The van der Waals surface area contributed by atoms with Crippen molar-refractivity contribution < 1.29 is 37.7 Å². The van der Waals surface area contributed by atoms with Crippen LogP contribution in [0, 0.1) is 0 Å². The maximum absolute atomic E-state index is 11.9. The Morgan fingerprint density at radius 3 is 2.63 bits per heavy atom. The predicted molar refractivity (Wildman–Crippen MR) is 128 cm³/mol. The Labute approximate surface area is 205 Å². The normalized spacial score (nSPS) is 15.2. The standard InChI is InChI=1S/C25H26NO8S/c1-16(27)2-5-23(28)33-15-32-21-13-22(26-6-8-29-9-7-26)34-24-18(14-35-25(21)24)17-3-4-19-20(12-17)31-11-10-30-19/h3-4,12-14H,2,5-11,15H2,1H3/q+1. The molecule has 10 heteroatoms. The first kappa shape index (κ1) is 23.4. The van der Waals surface area contributed by atoms with Crippen molar-refractivity contribution in [3.8, 4) is 28.4 Å². The Morgan fingerprint density at radius 1 is 1.03 bits per heavy atom. The number of carbonyl (C=O) groups is 2. The minimum atomic E-state index is -0.478. The molecule has 0 spiro atoms.